The van der Waals surface area contributed by atoms with Crippen molar-refractivity contribution in [3.63, 3.8) is 0 Å². The van der Waals surface area contributed by atoms with E-state index in [4.69, 9.17) is 16.3 Å². The zero-order valence-corrected chi connectivity index (χ0v) is 15.1. The average Bonchev–Trinajstić information content (AvgIpc) is 2.61. The maximum absolute atomic E-state index is 12.0. The number of guanidine groups is 1. The van der Waals surface area contributed by atoms with Crippen LogP contribution in [-0.4, -0.2) is 26.0 Å². The van der Waals surface area contributed by atoms with Crippen LogP contribution in [0.2, 0.25) is 5.02 Å². The molecule has 0 radical (unpaired) electrons. The number of nitrogens with one attached hydrogen (secondary N) is 2. The molecule has 25 heavy (non-hydrogen) atoms. The van der Waals surface area contributed by atoms with Crippen LogP contribution in [0, 0.1) is 0 Å². The van der Waals surface area contributed by atoms with Crippen LogP contribution in [-0.2, 0) is 10.3 Å². The fourth-order valence-electron chi connectivity index (χ4n) is 3.00. The van der Waals surface area contributed by atoms with Gasteiger partial charge in [-0.05, 0) is 42.3 Å². The Labute approximate surface area is 152 Å². The molecular weight excluding hydrogens is 338 g/mol. The lowest BCUT2D eigenvalue weighted by Gasteiger charge is -2.36. The van der Waals surface area contributed by atoms with E-state index in [0.717, 1.165) is 22.4 Å². The highest BCUT2D eigenvalue weighted by Gasteiger charge is 2.35. The lowest BCUT2D eigenvalue weighted by atomic mass is 9.85. The molecule has 2 N–H and O–H groups in total. The van der Waals surface area contributed by atoms with Gasteiger partial charge in [-0.25, -0.2) is 0 Å². The number of rotatable bonds is 3. The number of hydrogen-bond acceptors (Lipinski definition) is 3. The summed E-state index contributed by atoms with van der Waals surface area (Å²) in [4.78, 5) is 16.1. The van der Waals surface area contributed by atoms with E-state index in [-0.39, 0.29) is 5.91 Å². The van der Waals surface area contributed by atoms with Gasteiger partial charge in [0.2, 0.25) is 5.91 Å². The monoisotopic (exact) mass is 357 g/mol. The van der Waals surface area contributed by atoms with Gasteiger partial charge in [0, 0.05) is 17.6 Å². The van der Waals surface area contributed by atoms with Gasteiger partial charge >= 0.3 is 0 Å². The van der Waals surface area contributed by atoms with E-state index in [2.05, 4.69) is 15.6 Å². The summed E-state index contributed by atoms with van der Waals surface area (Å²) in [5.74, 6) is 1.15. The van der Waals surface area contributed by atoms with Crippen LogP contribution in [0.25, 0.3) is 11.1 Å². The molecule has 2 aromatic carbocycles. The van der Waals surface area contributed by atoms with E-state index in [0.29, 0.717) is 17.4 Å². The van der Waals surface area contributed by atoms with Gasteiger partial charge in [-0.1, -0.05) is 29.8 Å². The molecule has 6 heteroatoms. The van der Waals surface area contributed by atoms with Crippen LogP contribution >= 0.6 is 11.6 Å². The van der Waals surface area contributed by atoms with Crippen molar-refractivity contribution in [2.45, 2.75) is 18.9 Å². The predicted octanol–water partition coefficient (Wildman–Crippen LogP) is 3.33. The summed E-state index contributed by atoms with van der Waals surface area (Å²) in [5.41, 5.74) is 2.29. The first-order chi connectivity index (χ1) is 11.9. The molecule has 1 heterocycles. The van der Waals surface area contributed by atoms with Crippen molar-refractivity contribution in [2.24, 2.45) is 4.99 Å². The first kappa shape index (κ1) is 17.3. The van der Waals surface area contributed by atoms with E-state index in [1.165, 1.54) is 0 Å². The van der Waals surface area contributed by atoms with Gasteiger partial charge < -0.3 is 10.1 Å². The Morgan fingerprint density at radius 3 is 2.76 bits per heavy atom. The van der Waals surface area contributed by atoms with E-state index in [1.807, 2.05) is 49.4 Å². The second kappa shape index (κ2) is 6.76. The minimum Gasteiger partial charge on any atom is -0.497 e. The van der Waals surface area contributed by atoms with Crippen molar-refractivity contribution in [1.29, 1.82) is 0 Å². The molecule has 0 unspecified atom stereocenters. The highest BCUT2D eigenvalue weighted by Crippen LogP contribution is 2.35. The molecule has 0 aromatic heterocycles. The standard InChI is InChI=1S/C19H20ClN3O2/c1-19(11-17(24)22-18(21-2)23-19)13-6-4-5-12(9-13)15-10-14(25-3)7-8-16(15)20/h4-10H,11H2,1-3H3,(H2,21,22,23,24)/t19-/m0/s1. The number of nitrogens with zero attached hydrogens (tertiary/aromatic N) is 1. The number of halogens is 1. The van der Waals surface area contributed by atoms with Crippen molar-refractivity contribution in [2.75, 3.05) is 14.2 Å². The molecule has 5 nitrogen and oxygen atoms in total. The summed E-state index contributed by atoms with van der Waals surface area (Å²) in [5, 5.41) is 6.67. The van der Waals surface area contributed by atoms with Gasteiger partial charge in [-0.3, -0.25) is 15.1 Å². The van der Waals surface area contributed by atoms with Crippen LogP contribution in [0.5, 0.6) is 5.75 Å². The summed E-state index contributed by atoms with van der Waals surface area (Å²) in [6, 6.07) is 13.5. The number of hydrogen-bond donors (Lipinski definition) is 2. The van der Waals surface area contributed by atoms with E-state index >= 15 is 0 Å². The Morgan fingerprint density at radius 1 is 1.24 bits per heavy atom. The quantitative estimate of drug-likeness (QED) is 0.885. The molecule has 0 saturated carbocycles. The Hall–Kier alpha value is -2.53. The molecule has 2 aromatic rings. The molecule has 1 fully saturated rings. The molecule has 1 aliphatic heterocycles. The van der Waals surface area contributed by atoms with Gasteiger partial charge in [0.1, 0.15) is 5.75 Å². The number of carbonyl (C=O) groups is 1. The molecule has 3 rings (SSSR count). The van der Waals surface area contributed by atoms with E-state index < -0.39 is 5.54 Å². The second-order valence-electron chi connectivity index (χ2n) is 6.18. The van der Waals surface area contributed by atoms with Crippen molar-refractivity contribution in [3.8, 4) is 16.9 Å². The number of aliphatic imine (C=N–C) groups is 1. The van der Waals surface area contributed by atoms with Gasteiger partial charge in [0.15, 0.2) is 5.96 Å². The Morgan fingerprint density at radius 2 is 2.04 bits per heavy atom. The molecule has 1 aliphatic rings. The van der Waals surface area contributed by atoms with Crippen molar-refractivity contribution >= 4 is 23.5 Å². The summed E-state index contributed by atoms with van der Waals surface area (Å²) < 4.78 is 5.30. The SMILES string of the molecule is CN=C1NC(=O)C[C@@](C)(c2cccc(-c3cc(OC)ccc3Cl)c2)N1. The van der Waals surface area contributed by atoms with Crippen LogP contribution in [0.4, 0.5) is 0 Å². The number of carbonyl (C=O) groups excluding carboxylic acids is 1. The summed E-state index contributed by atoms with van der Waals surface area (Å²) in [6.07, 6.45) is 0.321. The first-order valence-corrected chi connectivity index (χ1v) is 8.32. The number of methoxy groups -OCH3 is 1. The normalized spacial score (nSPS) is 21.6. The lowest BCUT2D eigenvalue weighted by Crippen LogP contribution is -2.58. The number of ether oxygens (including phenoxy) is 1. The minimum atomic E-state index is -0.543. The van der Waals surface area contributed by atoms with Crippen molar-refractivity contribution in [1.82, 2.24) is 10.6 Å². The molecular formula is C19H20ClN3O2. The van der Waals surface area contributed by atoms with Crippen LogP contribution in [0.3, 0.4) is 0 Å². The molecule has 1 amide bonds. The molecule has 1 atom stereocenters. The molecule has 0 spiro atoms. The third kappa shape index (κ3) is 3.46. The summed E-state index contributed by atoms with van der Waals surface area (Å²) in [7, 11) is 3.27. The van der Waals surface area contributed by atoms with Gasteiger partial charge in [0.05, 0.1) is 19.1 Å². The third-order valence-corrected chi connectivity index (χ3v) is 4.70. The average molecular weight is 358 g/mol. The molecule has 130 valence electrons. The third-order valence-electron chi connectivity index (χ3n) is 4.37. The van der Waals surface area contributed by atoms with Gasteiger partial charge in [0.25, 0.3) is 0 Å². The summed E-state index contributed by atoms with van der Waals surface area (Å²) in [6.45, 7) is 1.99. The summed E-state index contributed by atoms with van der Waals surface area (Å²) >= 11 is 6.37. The smallest absolute Gasteiger partial charge is 0.229 e. The van der Waals surface area contributed by atoms with E-state index in [1.54, 1.807) is 14.2 Å². The van der Waals surface area contributed by atoms with Gasteiger partial charge in [-0.15, -0.1) is 0 Å². The molecule has 0 aliphatic carbocycles. The second-order valence-corrected chi connectivity index (χ2v) is 6.59. The van der Waals surface area contributed by atoms with Crippen LogP contribution in [0.1, 0.15) is 18.9 Å². The Bertz CT molecular complexity index is 850. The largest absolute Gasteiger partial charge is 0.497 e. The maximum atomic E-state index is 12.0. The van der Waals surface area contributed by atoms with Gasteiger partial charge in [-0.2, -0.15) is 0 Å². The minimum absolute atomic E-state index is 0.0633. The van der Waals surface area contributed by atoms with Crippen molar-refractivity contribution < 1.29 is 9.53 Å². The highest BCUT2D eigenvalue weighted by atomic mass is 35.5. The van der Waals surface area contributed by atoms with E-state index in [9.17, 15) is 4.79 Å². The lowest BCUT2D eigenvalue weighted by molar-refractivity contribution is -0.121. The van der Waals surface area contributed by atoms with Crippen molar-refractivity contribution in [3.05, 3.63) is 53.1 Å². The maximum Gasteiger partial charge on any atom is 0.229 e. The Balaban J connectivity index is 2.04. The van der Waals surface area contributed by atoms with Crippen LogP contribution in [0.15, 0.2) is 47.5 Å². The first-order valence-electron chi connectivity index (χ1n) is 7.94. The molecule has 1 saturated heterocycles. The molecule has 0 bridgehead atoms. The zero-order valence-electron chi connectivity index (χ0n) is 14.4. The fourth-order valence-corrected chi connectivity index (χ4v) is 3.23. The number of benzene rings is 2. The zero-order chi connectivity index (χ0) is 18.0. The highest BCUT2D eigenvalue weighted by molar-refractivity contribution is 6.33. The topological polar surface area (TPSA) is 62.7 Å². The number of amides is 1. The fraction of sp³-hybridized carbons (Fsp3) is 0.263. The predicted molar refractivity (Wildman–Crippen MR) is 100 cm³/mol. The van der Waals surface area contributed by atoms with Crippen LogP contribution < -0.4 is 15.4 Å². The Kier molecular flexibility index (Phi) is 4.68.